The average Bonchev–Trinajstić information content (AvgIpc) is 2.97. The van der Waals surface area contributed by atoms with E-state index in [1.165, 1.54) is 0 Å². The molecular weight excluding hydrogens is 546 g/mol. The molecule has 0 saturated heterocycles. The number of carbonyl (C=O) groups is 2. The van der Waals surface area contributed by atoms with E-state index in [1.54, 1.807) is 31.2 Å². The van der Waals surface area contributed by atoms with Crippen LogP contribution < -0.4 is 25.8 Å². The molecule has 1 unspecified atom stereocenters. The fourth-order valence-corrected chi connectivity index (χ4v) is 4.00. The Kier molecular flexibility index (Phi) is 9.66. The maximum atomic E-state index is 14.7. The molecule has 2 amide bonds. The van der Waals surface area contributed by atoms with E-state index in [0.29, 0.717) is 29.4 Å². The lowest BCUT2D eigenvalue weighted by Crippen LogP contribution is -2.28. The van der Waals surface area contributed by atoms with Crippen molar-refractivity contribution in [2.75, 3.05) is 5.32 Å². The number of pyridine rings is 1. The van der Waals surface area contributed by atoms with E-state index in [2.05, 4.69) is 15.6 Å². The molecule has 9 nitrogen and oxygen atoms in total. The van der Waals surface area contributed by atoms with Crippen LogP contribution in [0.5, 0.6) is 17.5 Å². The van der Waals surface area contributed by atoms with Gasteiger partial charge in [0.1, 0.15) is 5.75 Å². The minimum absolute atomic E-state index is 0.0295. The topological polar surface area (TPSA) is 136 Å². The number of nitrogens with zero attached hydrogens (tertiary/aromatic N) is 1. The van der Waals surface area contributed by atoms with Crippen LogP contribution in [0.3, 0.4) is 0 Å². The highest BCUT2D eigenvalue weighted by molar-refractivity contribution is 5.89. The van der Waals surface area contributed by atoms with E-state index < -0.39 is 41.5 Å². The Bertz CT molecular complexity index is 1580. The van der Waals surface area contributed by atoms with Crippen LogP contribution in [0.4, 0.5) is 19.3 Å². The summed E-state index contributed by atoms with van der Waals surface area (Å²) in [5.74, 6) is -4.79. The molecule has 4 rings (SSSR count). The first-order chi connectivity index (χ1) is 20.1. The molecule has 218 valence electrons. The monoisotopic (exact) mass is 576 g/mol. The lowest BCUT2D eigenvalue weighted by Gasteiger charge is -2.15. The largest absolute Gasteiger partial charge is 0.479 e. The third-order valence-electron chi connectivity index (χ3n) is 6.20. The predicted molar refractivity (Wildman–Crippen MR) is 153 cm³/mol. The quantitative estimate of drug-likeness (QED) is 0.168. The Hall–Kier alpha value is -5.03. The van der Waals surface area contributed by atoms with Crippen LogP contribution in [-0.2, 0) is 17.9 Å². The minimum atomic E-state index is -1.38. The molecule has 1 heterocycles. The van der Waals surface area contributed by atoms with Crippen LogP contribution in [0.2, 0.25) is 0 Å². The molecule has 0 radical (unpaired) electrons. The van der Waals surface area contributed by atoms with Crippen LogP contribution in [0.1, 0.15) is 30.0 Å². The van der Waals surface area contributed by atoms with E-state index in [1.807, 2.05) is 49.4 Å². The number of aryl methyl sites for hydroxylation is 1. The molecule has 3 aromatic carbocycles. The number of nitrogens with two attached hydrogens (primary N) is 1. The number of urea groups is 1. The number of anilines is 1. The fourth-order valence-electron chi connectivity index (χ4n) is 4.00. The number of carbonyl (C=O) groups excluding carboxylic acids is 1. The number of hydrogen-bond acceptors (Lipinski definition) is 6. The van der Waals surface area contributed by atoms with Gasteiger partial charge in [-0.05, 0) is 72.0 Å². The van der Waals surface area contributed by atoms with Gasteiger partial charge in [-0.2, -0.15) is 4.98 Å². The summed E-state index contributed by atoms with van der Waals surface area (Å²) in [5.41, 5.74) is 10.4. The van der Waals surface area contributed by atoms with Crippen molar-refractivity contribution in [3.05, 3.63) is 101 Å². The van der Waals surface area contributed by atoms with Gasteiger partial charge in [0.15, 0.2) is 17.7 Å². The molecule has 11 heteroatoms. The zero-order chi connectivity index (χ0) is 30.2. The van der Waals surface area contributed by atoms with E-state index >= 15 is 0 Å². The number of aliphatic carboxylic acids is 1. The van der Waals surface area contributed by atoms with Crippen LogP contribution in [0, 0.1) is 18.6 Å². The number of benzene rings is 3. The third kappa shape index (κ3) is 7.79. The summed E-state index contributed by atoms with van der Waals surface area (Å²) < 4.78 is 40.0. The first-order valence-corrected chi connectivity index (χ1v) is 13.1. The van der Waals surface area contributed by atoms with E-state index in [9.17, 15) is 23.5 Å². The number of aromatic nitrogens is 1. The summed E-state index contributed by atoms with van der Waals surface area (Å²) in [7, 11) is 0. The molecule has 1 aromatic heterocycles. The lowest BCUT2D eigenvalue weighted by molar-refractivity contribution is -0.145. The number of nitrogens with one attached hydrogen (secondary N) is 2. The normalized spacial score (nSPS) is 11.5. The first kappa shape index (κ1) is 29.9. The summed E-state index contributed by atoms with van der Waals surface area (Å²) in [6.07, 6.45) is -1.35. The molecule has 0 aliphatic rings. The summed E-state index contributed by atoms with van der Waals surface area (Å²) >= 11 is 0. The molecule has 42 heavy (non-hydrogen) atoms. The first-order valence-electron chi connectivity index (χ1n) is 13.1. The van der Waals surface area contributed by atoms with Gasteiger partial charge in [-0.25, -0.2) is 18.4 Å². The number of carboxylic acid groups (broad SMARTS) is 1. The molecule has 0 bridgehead atoms. The Labute approximate surface area is 241 Å². The van der Waals surface area contributed by atoms with Crippen molar-refractivity contribution in [2.45, 2.75) is 39.5 Å². The smallest absolute Gasteiger partial charge is 0.344 e. The summed E-state index contributed by atoms with van der Waals surface area (Å²) in [6, 6.07) is 19.9. The van der Waals surface area contributed by atoms with Crippen molar-refractivity contribution >= 4 is 17.7 Å². The highest BCUT2D eigenvalue weighted by Gasteiger charge is 2.22. The van der Waals surface area contributed by atoms with Gasteiger partial charge in [0.25, 0.3) is 11.8 Å². The highest BCUT2D eigenvalue weighted by Crippen LogP contribution is 2.32. The third-order valence-corrected chi connectivity index (χ3v) is 6.20. The average molecular weight is 577 g/mol. The van der Waals surface area contributed by atoms with Crippen LogP contribution in [0.15, 0.2) is 72.8 Å². The molecule has 1 atom stereocenters. The SMILES string of the molecule is CCC(Oc1nc(Oc2cc(CNC(=O)Nc3ccc(C)cc3)cc(-c3cccc(CN)c3)c2)c(F)cc1F)C(=O)O. The molecule has 0 spiro atoms. The second-order valence-corrected chi connectivity index (χ2v) is 9.46. The zero-order valence-electron chi connectivity index (χ0n) is 23.0. The summed E-state index contributed by atoms with van der Waals surface area (Å²) in [5, 5.41) is 14.8. The molecule has 4 aromatic rings. The lowest BCUT2D eigenvalue weighted by atomic mass is 10.0. The number of rotatable bonds is 11. The van der Waals surface area contributed by atoms with Crippen LogP contribution in [0.25, 0.3) is 11.1 Å². The Morgan fingerprint density at radius 1 is 0.952 bits per heavy atom. The Morgan fingerprint density at radius 2 is 1.67 bits per heavy atom. The molecule has 5 N–H and O–H groups in total. The molecule has 0 aliphatic carbocycles. The maximum Gasteiger partial charge on any atom is 0.344 e. The zero-order valence-corrected chi connectivity index (χ0v) is 23.0. The van der Waals surface area contributed by atoms with Crippen molar-refractivity contribution in [2.24, 2.45) is 5.73 Å². The summed E-state index contributed by atoms with van der Waals surface area (Å²) in [4.78, 5) is 27.7. The number of hydrogen-bond donors (Lipinski definition) is 4. The Balaban J connectivity index is 1.63. The van der Waals surface area contributed by atoms with Gasteiger partial charge in [-0.3, -0.25) is 0 Å². The molecule has 0 fully saturated rings. The number of amides is 2. The van der Waals surface area contributed by atoms with Crippen molar-refractivity contribution < 1.29 is 33.0 Å². The maximum absolute atomic E-state index is 14.7. The van der Waals surface area contributed by atoms with Gasteiger partial charge in [0, 0.05) is 24.8 Å². The standard InChI is InChI=1S/C31H30F2N4O5/c1-3-27(30(38)39)42-29-26(33)15-25(32)28(37-29)41-24-13-20(12-22(14-24)21-6-4-5-19(11-21)16-34)17-35-31(40)36-23-9-7-18(2)8-10-23/h4-15,27H,3,16-17,34H2,1-2H3,(H,38,39)(H2,35,36,40). The predicted octanol–water partition coefficient (Wildman–Crippen LogP) is 6.15. The van der Waals surface area contributed by atoms with Gasteiger partial charge in [0.05, 0.1) is 0 Å². The van der Waals surface area contributed by atoms with Crippen molar-refractivity contribution in [1.82, 2.24) is 10.3 Å². The van der Waals surface area contributed by atoms with E-state index in [4.69, 9.17) is 15.2 Å². The van der Waals surface area contributed by atoms with Gasteiger partial charge < -0.3 is 30.9 Å². The number of halogens is 2. The molecule has 0 aliphatic heterocycles. The second kappa shape index (κ2) is 13.6. The van der Waals surface area contributed by atoms with Gasteiger partial charge in [-0.1, -0.05) is 42.8 Å². The Morgan fingerprint density at radius 3 is 2.36 bits per heavy atom. The highest BCUT2D eigenvalue weighted by atomic mass is 19.1. The second-order valence-electron chi connectivity index (χ2n) is 9.46. The summed E-state index contributed by atoms with van der Waals surface area (Å²) in [6.45, 7) is 3.89. The van der Waals surface area contributed by atoms with Crippen molar-refractivity contribution in [1.29, 1.82) is 0 Å². The van der Waals surface area contributed by atoms with Crippen LogP contribution >= 0.6 is 0 Å². The van der Waals surface area contributed by atoms with Crippen molar-refractivity contribution in [3.8, 4) is 28.6 Å². The molecular formula is C31H30F2N4O5. The van der Waals surface area contributed by atoms with Crippen LogP contribution in [-0.4, -0.2) is 28.2 Å². The number of carboxylic acids is 1. The van der Waals surface area contributed by atoms with E-state index in [0.717, 1.165) is 16.7 Å². The van der Waals surface area contributed by atoms with Crippen molar-refractivity contribution in [3.63, 3.8) is 0 Å². The fraction of sp³-hybridized carbons (Fsp3) is 0.194. The minimum Gasteiger partial charge on any atom is -0.479 e. The number of ether oxygens (including phenoxy) is 2. The van der Waals surface area contributed by atoms with E-state index in [-0.39, 0.29) is 18.7 Å². The van der Waals surface area contributed by atoms with Gasteiger partial charge in [-0.15, -0.1) is 0 Å². The van der Waals surface area contributed by atoms with Gasteiger partial charge >= 0.3 is 12.0 Å². The molecule has 0 saturated carbocycles. The van der Waals surface area contributed by atoms with Gasteiger partial charge in [0.2, 0.25) is 0 Å².